The van der Waals surface area contributed by atoms with Gasteiger partial charge < -0.3 is 9.64 Å². The van der Waals surface area contributed by atoms with Crippen LogP contribution >= 0.6 is 0 Å². The molecule has 0 saturated carbocycles. The molecule has 0 bridgehead atoms. The molecule has 0 N–H and O–H groups in total. The van der Waals surface area contributed by atoms with Gasteiger partial charge >= 0.3 is 0 Å². The predicted molar refractivity (Wildman–Crippen MR) is 46.3 cm³/mol. The fourth-order valence-electron chi connectivity index (χ4n) is 1.32. The van der Waals surface area contributed by atoms with Gasteiger partial charge in [-0.3, -0.25) is 0 Å². The molecule has 0 aromatic heterocycles. The van der Waals surface area contributed by atoms with Gasteiger partial charge in [0.2, 0.25) is 0 Å². The smallest absolute Gasteiger partial charge is 0.0637 e. The molecular weight excluding hydrogens is 138 g/mol. The van der Waals surface area contributed by atoms with Crippen LogP contribution in [0, 0.1) is 5.92 Å². The summed E-state index contributed by atoms with van der Waals surface area (Å²) in [4.78, 5) is 2.33. The summed E-state index contributed by atoms with van der Waals surface area (Å²) < 4.78 is 5.01. The lowest BCUT2D eigenvalue weighted by atomic mass is 10.1. The van der Waals surface area contributed by atoms with Gasteiger partial charge in [0.05, 0.1) is 6.61 Å². The molecule has 11 heavy (non-hydrogen) atoms. The van der Waals surface area contributed by atoms with Crippen molar-refractivity contribution in [2.75, 3.05) is 20.3 Å². The quantitative estimate of drug-likeness (QED) is 0.612. The minimum atomic E-state index is 0.644. The van der Waals surface area contributed by atoms with Crippen LogP contribution in [-0.4, -0.2) is 31.2 Å². The highest BCUT2D eigenvalue weighted by Crippen LogP contribution is 2.19. The molecular formula is C9H17NO. The van der Waals surface area contributed by atoms with Crippen LogP contribution in [0.15, 0.2) is 12.3 Å². The first kappa shape index (κ1) is 8.60. The first-order valence-corrected chi connectivity index (χ1v) is 4.18. The summed E-state index contributed by atoms with van der Waals surface area (Å²) in [7, 11) is 1.74. The molecule has 0 aromatic carbocycles. The Morgan fingerprint density at radius 1 is 1.45 bits per heavy atom. The van der Waals surface area contributed by atoms with E-state index < -0.39 is 0 Å². The van der Waals surface area contributed by atoms with Gasteiger partial charge in [0.1, 0.15) is 0 Å². The highest BCUT2D eigenvalue weighted by molar-refractivity contribution is 5.00. The second-order valence-electron chi connectivity index (χ2n) is 3.17. The standard InChI is InChI=1S/C9H17NO/c1-8-4-5-10(9(8)2)6-7-11-3/h4-5,8-9H,6-7H2,1-3H3. The van der Waals surface area contributed by atoms with Crippen molar-refractivity contribution in [2.24, 2.45) is 5.92 Å². The number of hydrogen-bond donors (Lipinski definition) is 0. The molecule has 0 amide bonds. The van der Waals surface area contributed by atoms with Gasteiger partial charge in [0.25, 0.3) is 0 Å². The third kappa shape index (κ3) is 1.96. The molecule has 0 saturated heterocycles. The van der Waals surface area contributed by atoms with Crippen molar-refractivity contribution in [3.05, 3.63) is 12.3 Å². The number of nitrogens with zero attached hydrogens (tertiary/aromatic N) is 1. The Balaban J connectivity index is 2.31. The van der Waals surface area contributed by atoms with Crippen LogP contribution in [0.2, 0.25) is 0 Å². The van der Waals surface area contributed by atoms with Crippen molar-refractivity contribution >= 4 is 0 Å². The molecule has 0 fully saturated rings. The van der Waals surface area contributed by atoms with Crippen molar-refractivity contribution in [3.63, 3.8) is 0 Å². The summed E-state index contributed by atoms with van der Waals surface area (Å²) in [6.07, 6.45) is 4.43. The van der Waals surface area contributed by atoms with E-state index in [-0.39, 0.29) is 0 Å². The van der Waals surface area contributed by atoms with E-state index in [1.807, 2.05) is 0 Å². The van der Waals surface area contributed by atoms with Crippen molar-refractivity contribution in [1.82, 2.24) is 4.90 Å². The van der Waals surface area contributed by atoms with E-state index in [0.717, 1.165) is 13.2 Å². The lowest BCUT2D eigenvalue weighted by Gasteiger charge is -2.24. The van der Waals surface area contributed by atoms with E-state index >= 15 is 0 Å². The minimum absolute atomic E-state index is 0.644. The topological polar surface area (TPSA) is 12.5 Å². The average molecular weight is 155 g/mol. The molecule has 1 aliphatic heterocycles. The van der Waals surface area contributed by atoms with Crippen molar-refractivity contribution in [3.8, 4) is 0 Å². The van der Waals surface area contributed by atoms with Gasteiger partial charge in [-0.2, -0.15) is 0 Å². The summed E-state index contributed by atoms with van der Waals surface area (Å²) in [5, 5.41) is 0. The lowest BCUT2D eigenvalue weighted by Crippen LogP contribution is -2.30. The predicted octanol–water partition coefficient (Wildman–Crippen LogP) is 1.49. The van der Waals surface area contributed by atoms with Gasteiger partial charge in [0.15, 0.2) is 0 Å². The molecule has 0 radical (unpaired) electrons. The molecule has 2 heteroatoms. The molecule has 1 heterocycles. The van der Waals surface area contributed by atoms with Crippen molar-refractivity contribution in [1.29, 1.82) is 0 Å². The summed E-state index contributed by atoms with van der Waals surface area (Å²) in [6.45, 7) is 6.33. The van der Waals surface area contributed by atoms with E-state index in [0.29, 0.717) is 12.0 Å². The fraction of sp³-hybridized carbons (Fsp3) is 0.778. The summed E-state index contributed by atoms with van der Waals surface area (Å²) in [5.74, 6) is 0.687. The van der Waals surface area contributed by atoms with Gasteiger partial charge in [-0.25, -0.2) is 0 Å². The molecule has 0 aromatic rings. The Bertz CT molecular complexity index is 144. The molecule has 2 nitrogen and oxygen atoms in total. The first-order valence-electron chi connectivity index (χ1n) is 4.18. The largest absolute Gasteiger partial charge is 0.383 e. The van der Waals surface area contributed by atoms with Crippen molar-refractivity contribution in [2.45, 2.75) is 19.9 Å². The maximum Gasteiger partial charge on any atom is 0.0637 e. The molecule has 0 aliphatic carbocycles. The monoisotopic (exact) mass is 155 g/mol. The second kappa shape index (κ2) is 3.77. The van der Waals surface area contributed by atoms with E-state index in [1.165, 1.54) is 0 Å². The number of ether oxygens (including phenoxy) is 1. The maximum atomic E-state index is 5.01. The first-order chi connectivity index (χ1) is 5.25. The van der Waals surface area contributed by atoms with Gasteiger partial charge in [-0.1, -0.05) is 13.0 Å². The van der Waals surface area contributed by atoms with Crippen LogP contribution in [-0.2, 0) is 4.74 Å². The van der Waals surface area contributed by atoms with Crippen LogP contribution in [0.3, 0.4) is 0 Å². The zero-order valence-corrected chi connectivity index (χ0v) is 7.58. The Morgan fingerprint density at radius 2 is 2.18 bits per heavy atom. The third-order valence-corrected chi connectivity index (χ3v) is 2.42. The SMILES string of the molecule is COCCN1C=CC(C)C1C. The second-order valence-corrected chi connectivity index (χ2v) is 3.17. The maximum absolute atomic E-state index is 5.01. The van der Waals surface area contributed by atoms with Crippen LogP contribution in [0.1, 0.15) is 13.8 Å². The van der Waals surface area contributed by atoms with E-state index in [2.05, 4.69) is 31.0 Å². The van der Waals surface area contributed by atoms with Crippen LogP contribution in [0.25, 0.3) is 0 Å². The third-order valence-electron chi connectivity index (χ3n) is 2.42. The van der Waals surface area contributed by atoms with Crippen molar-refractivity contribution < 1.29 is 4.74 Å². The number of rotatable bonds is 3. The van der Waals surface area contributed by atoms with E-state index in [4.69, 9.17) is 4.74 Å². The number of hydrogen-bond acceptors (Lipinski definition) is 2. The summed E-state index contributed by atoms with van der Waals surface area (Å²) in [6, 6.07) is 0.644. The number of methoxy groups -OCH3 is 1. The minimum Gasteiger partial charge on any atom is -0.383 e. The normalized spacial score (nSPS) is 29.9. The molecule has 2 atom stereocenters. The zero-order valence-electron chi connectivity index (χ0n) is 7.58. The van der Waals surface area contributed by atoms with Gasteiger partial charge in [0, 0.05) is 19.7 Å². The Labute approximate surface area is 68.8 Å². The summed E-state index contributed by atoms with van der Waals surface area (Å²) >= 11 is 0. The van der Waals surface area contributed by atoms with E-state index in [9.17, 15) is 0 Å². The lowest BCUT2D eigenvalue weighted by molar-refractivity contribution is 0.153. The summed E-state index contributed by atoms with van der Waals surface area (Å²) in [5.41, 5.74) is 0. The van der Waals surface area contributed by atoms with Gasteiger partial charge in [-0.05, 0) is 19.0 Å². The highest BCUT2D eigenvalue weighted by atomic mass is 16.5. The van der Waals surface area contributed by atoms with Crippen LogP contribution in [0.5, 0.6) is 0 Å². The van der Waals surface area contributed by atoms with Crippen LogP contribution < -0.4 is 0 Å². The molecule has 0 spiro atoms. The van der Waals surface area contributed by atoms with E-state index in [1.54, 1.807) is 7.11 Å². The molecule has 2 unspecified atom stereocenters. The molecule has 1 rings (SSSR count). The molecule has 1 aliphatic rings. The van der Waals surface area contributed by atoms with Crippen LogP contribution in [0.4, 0.5) is 0 Å². The Hall–Kier alpha value is -0.500. The Kier molecular flexibility index (Phi) is 2.94. The highest BCUT2D eigenvalue weighted by Gasteiger charge is 2.20. The average Bonchev–Trinajstić information content (AvgIpc) is 2.31. The molecule has 64 valence electrons. The zero-order chi connectivity index (χ0) is 8.27. The van der Waals surface area contributed by atoms with Gasteiger partial charge in [-0.15, -0.1) is 0 Å². The Morgan fingerprint density at radius 3 is 2.64 bits per heavy atom. The fourth-order valence-corrected chi connectivity index (χ4v) is 1.32.